The molecule has 0 radical (unpaired) electrons. The highest BCUT2D eigenvalue weighted by Crippen LogP contribution is 2.35. The van der Waals surface area contributed by atoms with Gasteiger partial charge in [-0.05, 0) is 37.1 Å². The molecule has 24 heavy (non-hydrogen) atoms. The van der Waals surface area contributed by atoms with E-state index in [2.05, 4.69) is 10.2 Å². The number of morpholine rings is 1. The van der Waals surface area contributed by atoms with Crippen LogP contribution in [0.25, 0.3) is 0 Å². The second-order valence-electron chi connectivity index (χ2n) is 6.48. The van der Waals surface area contributed by atoms with Crippen LogP contribution in [-0.4, -0.2) is 42.6 Å². The van der Waals surface area contributed by atoms with Gasteiger partial charge in [0.25, 0.3) is 5.91 Å². The molecule has 3 heterocycles. The van der Waals surface area contributed by atoms with E-state index in [-0.39, 0.29) is 12.0 Å². The fourth-order valence-corrected chi connectivity index (χ4v) is 3.87. The summed E-state index contributed by atoms with van der Waals surface area (Å²) in [7, 11) is 0. The molecule has 6 heteroatoms. The fraction of sp³-hybridized carbons (Fsp3) is 0.500. The molecule has 0 spiro atoms. The van der Waals surface area contributed by atoms with Gasteiger partial charge in [-0.1, -0.05) is 0 Å². The van der Waals surface area contributed by atoms with Crippen molar-refractivity contribution in [2.75, 3.05) is 19.7 Å². The first kappa shape index (κ1) is 15.5. The Balaban J connectivity index is 1.35. The van der Waals surface area contributed by atoms with Crippen LogP contribution < -0.4 is 5.32 Å². The maximum absolute atomic E-state index is 12.0. The summed E-state index contributed by atoms with van der Waals surface area (Å²) in [5.41, 5.74) is 0. The van der Waals surface area contributed by atoms with Crippen LogP contribution in [-0.2, 0) is 11.3 Å². The van der Waals surface area contributed by atoms with Gasteiger partial charge in [0.2, 0.25) is 0 Å². The number of hydrogen-bond donors (Lipinski definition) is 1. The first-order chi connectivity index (χ1) is 11.8. The molecular weight excluding hydrogens is 308 g/mol. The van der Waals surface area contributed by atoms with Crippen molar-refractivity contribution >= 4 is 5.91 Å². The normalized spacial score (nSPS) is 27.1. The lowest BCUT2D eigenvalue weighted by Gasteiger charge is -2.38. The first-order valence-corrected chi connectivity index (χ1v) is 8.51. The molecule has 1 N–H and O–H groups in total. The summed E-state index contributed by atoms with van der Waals surface area (Å²) in [4.78, 5) is 14.5. The van der Waals surface area contributed by atoms with Crippen molar-refractivity contribution in [2.45, 2.75) is 31.5 Å². The Kier molecular flexibility index (Phi) is 4.40. The number of hydrogen-bond acceptors (Lipinski definition) is 5. The van der Waals surface area contributed by atoms with Crippen molar-refractivity contribution in [2.24, 2.45) is 5.92 Å². The lowest BCUT2D eigenvalue weighted by molar-refractivity contribution is -0.0773. The zero-order valence-corrected chi connectivity index (χ0v) is 13.5. The fourth-order valence-electron chi connectivity index (χ4n) is 3.87. The third-order valence-electron chi connectivity index (χ3n) is 5.04. The number of rotatable bonds is 5. The van der Waals surface area contributed by atoms with Crippen LogP contribution in [0, 0.1) is 5.92 Å². The average molecular weight is 330 g/mol. The van der Waals surface area contributed by atoms with Gasteiger partial charge >= 0.3 is 0 Å². The molecule has 6 nitrogen and oxygen atoms in total. The Labute approximate surface area is 140 Å². The Hall–Kier alpha value is -2.05. The quantitative estimate of drug-likeness (QED) is 0.911. The van der Waals surface area contributed by atoms with Gasteiger partial charge in [0, 0.05) is 25.0 Å². The molecule has 1 amide bonds. The molecule has 1 aliphatic heterocycles. The highest BCUT2D eigenvalue weighted by molar-refractivity contribution is 5.91. The van der Waals surface area contributed by atoms with Gasteiger partial charge in [-0.2, -0.15) is 0 Å². The highest BCUT2D eigenvalue weighted by atomic mass is 16.5. The predicted octanol–water partition coefficient (Wildman–Crippen LogP) is 2.28. The van der Waals surface area contributed by atoms with E-state index in [0.29, 0.717) is 24.3 Å². The van der Waals surface area contributed by atoms with E-state index >= 15 is 0 Å². The number of carbonyl (C=O) groups is 1. The SMILES string of the molecule is O=C(NCC1CCC2C1OCCN2Cc1ccco1)c1ccco1. The monoisotopic (exact) mass is 330 g/mol. The zero-order valence-electron chi connectivity index (χ0n) is 13.5. The van der Waals surface area contributed by atoms with E-state index in [1.165, 1.54) is 6.26 Å². The van der Waals surface area contributed by atoms with Crippen molar-refractivity contribution in [3.05, 3.63) is 48.3 Å². The van der Waals surface area contributed by atoms with Gasteiger partial charge in [-0.25, -0.2) is 0 Å². The molecule has 2 aliphatic rings. The van der Waals surface area contributed by atoms with Crippen LogP contribution in [0.15, 0.2) is 45.6 Å². The van der Waals surface area contributed by atoms with Gasteiger partial charge in [-0.15, -0.1) is 0 Å². The summed E-state index contributed by atoms with van der Waals surface area (Å²) < 4.78 is 16.7. The third kappa shape index (κ3) is 3.12. The minimum Gasteiger partial charge on any atom is -0.468 e. The van der Waals surface area contributed by atoms with E-state index < -0.39 is 0 Å². The topological polar surface area (TPSA) is 67.8 Å². The number of fused-ring (bicyclic) bond motifs is 1. The zero-order chi connectivity index (χ0) is 16.4. The molecule has 2 fully saturated rings. The van der Waals surface area contributed by atoms with Gasteiger partial charge in [0.05, 0.1) is 31.8 Å². The molecule has 1 saturated heterocycles. The van der Waals surface area contributed by atoms with Gasteiger partial charge in [0.15, 0.2) is 5.76 Å². The standard InChI is InChI=1S/C18H22N2O4/c21-18(16-4-2-9-23-16)19-11-13-5-6-15-17(13)24-10-7-20(15)12-14-3-1-8-22-14/h1-4,8-9,13,15,17H,5-7,10-12H2,(H,19,21). The van der Waals surface area contributed by atoms with Crippen LogP contribution in [0.1, 0.15) is 29.2 Å². The van der Waals surface area contributed by atoms with Gasteiger partial charge in [-0.3, -0.25) is 9.69 Å². The summed E-state index contributed by atoms with van der Waals surface area (Å²) in [5, 5.41) is 2.97. The Morgan fingerprint density at radius 3 is 2.88 bits per heavy atom. The molecular formula is C18H22N2O4. The van der Waals surface area contributed by atoms with E-state index in [1.807, 2.05) is 12.1 Å². The lowest BCUT2D eigenvalue weighted by Crippen LogP contribution is -2.50. The summed E-state index contributed by atoms with van der Waals surface area (Å²) >= 11 is 0. The average Bonchev–Trinajstić information content (AvgIpc) is 3.34. The van der Waals surface area contributed by atoms with Gasteiger partial charge < -0.3 is 18.9 Å². The highest BCUT2D eigenvalue weighted by Gasteiger charge is 2.42. The first-order valence-electron chi connectivity index (χ1n) is 8.51. The van der Waals surface area contributed by atoms with Crippen molar-refractivity contribution in [1.82, 2.24) is 10.2 Å². The molecule has 4 rings (SSSR count). The smallest absolute Gasteiger partial charge is 0.286 e. The maximum Gasteiger partial charge on any atom is 0.286 e. The second-order valence-corrected chi connectivity index (χ2v) is 6.48. The maximum atomic E-state index is 12.0. The number of carbonyl (C=O) groups excluding carboxylic acids is 1. The number of amides is 1. The van der Waals surface area contributed by atoms with Crippen molar-refractivity contribution < 1.29 is 18.4 Å². The third-order valence-corrected chi connectivity index (χ3v) is 5.04. The summed E-state index contributed by atoms with van der Waals surface area (Å²) in [5.74, 6) is 1.53. The molecule has 1 saturated carbocycles. The van der Waals surface area contributed by atoms with Crippen LogP contribution in [0.3, 0.4) is 0 Å². The molecule has 0 bridgehead atoms. The van der Waals surface area contributed by atoms with E-state index in [1.54, 1.807) is 18.4 Å². The second kappa shape index (κ2) is 6.83. The number of nitrogens with one attached hydrogen (secondary N) is 1. The minimum absolute atomic E-state index is 0.160. The summed E-state index contributed by atoms with van der Waals surface area (Å²) in [6.07, 6.45) is 5.55. The van der Waals surface area contributed by atoms with Crippen LogP contribution in [0.4, 0.5) is 0 Å². The Morgan fingerprint density at radius 1 is 1.21 bits per heavy atom. The van der Waals surface area contributed by atoms with Crippen molar-refractivity contribution in [3.63, 3.8) is 0 Å². The Bertz CT molecular complexity index is 653. The van der Waals surface area contributed by atoms with E-state index in [4.69, 9.17) is 13.6 Å². The van der Waals surface area contributed by atoms with Crippen LogP contribution >= 0.6 is 0 Å². The van der Waals surface area contributed by atoms with E-state index in [0.717, 1.165) is 38.3 Å². The Morgan fingerprint density at radius 2 is 2.08 bits per heavy atom. The molecule has 3 atom stereocenters. The molecule has 128 valence electrons. The predicted molar refractivity (Wildman–Crippen MR) is 86.4 cm³/mol. The molecule has 3 unspecified atom stereocenters. The number of ether oxygens (including phenoxy) is 1. The molecule has 2 aromatic rings. The number of furan rings is 2. The molecule has 1 aliphatic carbocycles. The largest absolute Gasteiger partial charge is 0.468 e. The molecule has 0 aromatic carbocycles. The summed E-state index contributed by atoms with van der Waals surface area (Å²) in [6.45, 7) is 3.09. The lowest BCUT2D eigenvalue weighted by atomic mass is 10.0. The van der Waals surface area contributed by atoms with Crippen LogP contribution in [0.2, 0.25) is 0 Å². The van der Waals surface area contributed by atoms with Gasteiger partial charge in [0.1, 0.15) is 5.76 Å². The molecule has 2 aromatic heterocycles. The minimum atomic E-state index is -0.160. The number of nitrogens with zero attached hydrogens (tertiary/aromatic N) is 1. The van der Waals surface area contributed by atoms with Crippen LogP contribution in [0.5, 0.6) is 0 Å². The van der Waals surface area contributed by atoms with E-state index in [9.17, 15) is 4.79 Å². The van der Waals surface area contributed by atoms with Crippen molar-refractivity contribution in [3.8, 4) is 0 Å². The van der Waals surface area contributed by atoms with Crippen molar-refractivity contribution in [1.29, 1.82) is 0 Å². The summed E-state index contributed by atoms with van der Waals surface area (Å²) in [6, 6.07) is 7.73.